The predicted octanol–water partition coefficient (Wildman–Crippen LogP) is -0.877. The molecule has 6 N–H and O–H groups in total. The molecule has 1 aromatic rings. The highest BCUT2D eigenvalue weighted by atomic mass is 16.5. The molecule has 0 saturated carbocycles. The van der Waals surface area contributed by atoms with Crippen LogP contribution in [0.1, 0.15) is 0 Å². The smallest absolute Gasteiger partial charge is 0.343 e. The van der Waals surface area contributed by atoms with Crippen LogP contribution in [0.2, 0.25) is 0 Å². The second-order valence-corrected chi connectivity index (χ2v) is 1.99. The highest BCUT2D eigenvalue weighted by molar-refractivity contribution is 5.72. The summed E-state index contributed by atoms with van der Waals surface area (Å²) in [6.07, 6.45) is 1.69. The van der Waals surface area contributed by atoms with Gasteiger partial charge in [-0.3, -0.25) is 10.9 Å². The van der Waals surface area contributed by atoms with E-state index in [0.29, 0.717) is 5.88 Å². The Hall–Kier alpha value is -1.86. The van der Waals surface area contributed by atoms with Crippen LogP contribution in [0.3, 0.4) is 0 Å². The molecule has 14 heavy (non-hydrogen) atoms. The van der Waals surface area contributed by atoms with Crippen molar-refractivity contribution in [1.29, 1.82) is 0 Å². The lowest BCUT2D eigenvalue weighted by Crippen LogP contribution is -2.43. The molecule has 0 radical (unpaired) electrons. The first-order valence-corrected chi connectivity index (χ1v) is 3.66. The third kappa shape index (κ3) is 5.75. The van der Waals surface area contributed by atoms with Crippen molar-refractivity contribution in [3.63, 3.8) is 0 Å². The van der Waals surface area contributed by atoms with Crippen molar-refractivity contribution < 1.29 is 9.53 Å². The van der Waals surface area contributed by atoms with Crippen molar-refractivity contribution in [3.05, 3.63) is 24.4 Å². The number of aromatic nitrogens is 1. The van der Waals surface area contributed by atoms with Crippen molar-refractivity contribution in [1.82, 2.24) is 15.8 Å². The first-order chi connectivity index (χ1) is 6.74. The van der Waals surface area contributed by atoms with E-state index < -0.39 is 6.03 Å². The first kappa shape index (κ1) is 12.1. The van der Waals surface area contributed by atoms with Crippen LogP contribution in [0, 0.1) is 0 Å². The van der Waals surface area contributed by atoms with Crippen molar-refractivity contribution in [3.8, 4) is 5.88 Å². The summed E-state index contributed by atoms with van der Waals surface area (Å²) >= 11 is 0. The lowest BCUT2D eigenvalue weighted by molar-refractivity contribution is 0.241. The molecule has 0 unspecified atom stereocenters. The summed E-state index contributed by atoms with van der Waals surface area (Å²) < 4.78 is 4.80. The number of nitrogens with zero attached hydrogens (tertiary/aromatic N) is 1. The number of carbonyl (C=O) groups excluding carboxylic acids is 1. The second-order valence-electron chi connectivity index (χ2n) is 1.99. The van der Waals surface area contributed by atoms with Crippen molar-refractivity contribution in [2.45, 2.75) is 0 Å². The van der Waals surface area contributed by atoms with Crippen molar-refractivity contribution >= 4 is 6.03 Å². The number of methoxy groups -OCH3 is 1. The van der Waals surface area contributed by atoms with Gasteiger partial charge in [-0.05, 0) is 6.07 Å². The molecule has 0 aliphatic rings. The van der Waals surface area contributed by atoms with Gasteiger partial charge in [0.2, 0.25) is 5.88 Å². The van der Waals surface area contributed by atoms with E-state index in [1.54, 1.807) is 30.2 Å². The molecule has 2 amide bonds. The number of rotatable bonds is 1. The molecule has 78 valence electrons. The van der Waals surface area contributed by atoms with Crippen LogP contribution in [0.25, 0.3) is 0 Å². The molecule has 0 saturated heterocycles. The normalized spacial score (nSPS) is 7.93. The highest BCUT2D eigenvalue weighted by Crippen LogP contribution is 1.99. The maximum Gasteiger partial charge on any atom is 0.343 e. The summed E-state index contributed by atoms with van der Waals surface area (Å²) in [6.45, 7) is 0. The fourth-order valence-corrected chi connectivity index (χ4v) is 0.510. The molecule has 0 spiro atoms. The average molecular weight is 199 g/mol. The van der Waals surface area contributed by atoms with E-state index in [4.69, 9.17) is 4.74 Å². The van der Waals surface area contributed by atoms with Gasteiger partial charge in [0.15, 0.2) is 0 Å². The molecule has 0 aliphatic heterocycles. The van der Waals surface area contributed by atoms with Gasteiger partial charge >= 0.3 is 6.03 Å². The summed E-state index contributed by atoms with van der Waals surface area (Å²) in [7, 11) is 1.60. The Bertz CT molecular complexity index is 248. The molecule has 1 rings (SSSR count). The Labute approximate surface area is 81.4 Å². The first-order valence-electron chi connectivity index (χ1n) is 3.66. The van der Waals surface area contributed by atoms with Gasteiger partial charge < -0.3 is 4.74 Å². The van der Waals surface area contributed by atoms with E-state index in [1.807, 2.05) is 12.1 Å². The summed E-state index contributed by atoms with van der Waals surface area (Å²) in [6, 6.07) is 4.93. The SMILES string of the molecule is COc1ccccn1.NNC(=O)NN. The van der Waals surface area contributed by atoms with E-state index in [9.17, 15) is 4.79 Å². The number of nitrogens with one attached hydrogen (secondary N) is 2. The molecular formula is C7H13N5O2. The average Bonchev–Trinajstić information content (AvgIpc) is 2.30. The van der Waals surface area contributed by atoms with E-state index >= 15 is 0 Å². The number of hydrogen-bond acceptors (Lipinski definition) is 5. The van der Waals surface area contributed by atoms with Gasteiger partial charge in [0.1, 0.15) is 0 Å². The number of urea groups is 1. The van der Waals surface area contributed by atoms with Crippen LogP contribution in [0.15, 0.2) is 24.4 Å². The molecule has 1 heterocycles. The molecule has 0 aliphatic carbocycles. The Morgan fingerprint density at radius 2 is 2.07 bits per heavy atom. The number of amides is 2. The topological polar surface area (TPSA) is 115 Å². The minimum atomic E-state index is -0.602. The molecule has 0 atom stereocenters. The van der Waals surface area contributed by atoms with Gasteiger partial charge in [-0.2, -0.15) is 0 Å². The second kappa shape index (κ2) is 7.77. The number of nitrogens with two attached hydrogens (primary N) is 2. The predicted molar refractivity (Wildman–Crippen MR) is 50.8 cm³/mol. The standard InChI is InChI=1S/C6H7NO.CH6N4O/c1-8-6-4-2-3-5-7-6;2-4-1(6)5-3/h2-5H,1H3;2-3H2,(H2,4,5,6). The van der Waals surface area contributed by atoms with Crippen molar-refractivity contribution in [2.75, 3.05) is 7.11 Å². The van der Waals surface area contributed by atoms with Crippen LogP contribution in [-0.4, -0.2) is 18.1 Å². The molecule has 7 nitrogen and oxygen atoms in total. The van der Waals surface area contributed by atoms with Crippen LogP contribution < -0.4 is 27.3 Å². The minimum absolute atomic E-state index is 0.602. The lowest BCUT2D eigenvalue weighted by Gasteiger charge is -1.92. The third-order valence-corrected chi connectivity index (χ3v) is 1.11. The Balaban J connectivity index is 0.000000255. The van der Waals surface area contributed by atoms with Crippen molar-refractivity contribution in [2.24, 2.45) is 11.7 Å². The number of ether oxygens (including phenoxy) is 1. The summed E-state index contributed by atoms with van der Waals surface area (Å²) in [5.41, 5.74) is 3.48. The zero-order valence-corrected chi connectivity index (χ0v) is 7.73. The number of hydrazine groups is 2. The zero-order valence-electron chi connectivity index (χ0n) is 7.73. The fourth-order valence-electron chi connectivity index (χ4n) is 0.510. The fraction of sp³-hybridized carbons (Fsp3) is 0.143. The maximum absolute atomic E-state index is 9.71. The van der Waals surface area contributed by atoms with Crippen LogP contribution in [0.4, 0.5) is 4.79 Å². The molecule has 1 aromatic heterocycles. The van der Waals surface area contributed by atoms with Gasteiger partial charge in [0.05, 0.1) is 7.11 Å². The minimum Gasteiger partial charge on any atom is -0.481 e. The van der Waals surface area contributed by atoms with Gasteiger partial charge in [-0.1, -0.05) is 6.07 Å². The number of pyridine rings is 1. The van der Waals surface area contributed by atoms with E-state index in [2.05, 4.69) is 16.7 Å². The van der Waals surface area contributed by atoms with E-state index in [1.165, 1.54) is 0 Å². The van der Waals surface area contributed by atoms with Crippen LogP contribution >= 0.6 is 0 Å². The summed E-state index contributed by atoms with van der Waals surface area (Å²) in [5, 5.41) is 0. The summed E-state index contributed by atoms with van der Waals surface area (Å²) in [5.74, 6) is 9.74. The van der Waals surface area contributed by atoms with Crippen LogP contribution in [0.5, 0.6) is 5.88 Å². The zero-order chi connectivity index (χ0) is 10.8. The van der Waals surface area contributed by atoms with Gasteiger partial charge in [0, 0.05) is 12.3 Å². The van der Waals surface area contributed by atoms with E-state index in [0.717, 1.165) is 0 Å². The Kier molecular flexibility index (Phi) is 6.74. The summed E-state index contributed by atoms with van der Waals surface area (Å²) in [4.78, 5) is 13.6. The Morgan fingerprint density at radius 1 is 1.43 bits per heavy atom. The number of carbonyl (C=O) groups is 1. The molecule has 7 heteroatoms. The largest absolute Gasteiger partial charge is 0.481 e. The van der Waals surface area contributed by atoms with Crippen LogP contribution in [-0.2, 0) is 0 Å². The molecule has 0 bridgehead atoms. The Morgan fingerprint density at radius 3 is 2.29 bits per heavy atom. The highest BCUT2D eigenvalue weighted by Gasteiger charge is 1.83. The molecule has 0 aromatic carbocycles. The molecule has 0 fully saturated rings. The third-order valence-electron chi connectivity index (χ3n) is 1.11. The van der Waals surface area contributed by atoms with Gasteiger partial charge in [-0.15, -0.1) is 0 Å². The monoisotopic (exact) mass is 199 g/mol. The van der Waals surface area contributed by atoms with E-state index in [-0.39, 0.29) is 0 Å². The van der Waals surface area contributed by atoms with Gasteiger partial charge in [-0.25, -0.2) is 21.5 Å². The quantitative estimate of drug-likeness (QED) is 0.266. The maximum atomic E-state index is 9.71. The number of hydrogen-bond donors (Lipinski definition) is 4. The van der Waals surface area contributed by atoms with Gasteiger partial charge in [0.25, 0.3) is 0 Å². The molecular weight excluding hydrogens is 186 g/mol. The lowest BCUT2D eigenvalue weighted by atomic mass is 10.5.